The van der Waals surface area contributed by atoms with Crippen molar-refractivity contribution in [3.8, 4) is 11.5 Å². The Morgan fingerprint density at radius 2 is 1.93 bits per heavy atom. The van der Waals surface area contributed by atoms with E-state index < -0.39 is 4.92 Å². The molecule has 1 aliphatic heterocycles. The normalized spacial score (nSPS) is 12.1. The molecule has 0 saturated carbocycles. The molecule has 0 atom stereocenters. The lowest BCUT2D eigenvalue weighted by Crippen LogP contribution is -2.30. The highest BCUT2D eigenvalue weighted by molar-refractivity contribution is 6.31. The molecule has 9 heteroatoms. The first-order valence-electron chi connectivity index (χ1n) is 9.07. The number of furan rings is 1. The van der Waals surface area contributed by atoms with Crippen molar-refractivity contribution in [2.75, 3.05) is 6.79 Å². The summed E-state index contributed by atoms with van der Waals surface area (Å²) in [4.78, 5) is 25.6. The van der Waals surface area contributed by atoms with Gasteiger partial charge in [-0.25, -0.2) is 0 Å². The molecular formula is C21H17ClN2O6. The van der Waals surface area contributed by atoms with Crippen molar-refractivity contribution in [2.24, 2.45) is 0 Å². The van der Waals surface area contributed by atoms with Gasteiger partial charge in [0, 0.05) is 34.8 Å². The van der Waals surface area contributed by atoms with Crippen molar-refractivity contribution in [1.82, 2.24) is 4.90 Å². The molecule has 1 aromatic heterocycles. The lowest BCUT2D eigenvalue weighted by Gasteiger charge is -2.23. The molecule has 154 valence electrons. The van der Waals surface area contributed by atoms with Gasteiger partial charge in [-0.1, -0.05) is 17.7 Å². The highest BCUT2D eigenvalue weighted by Crippen LogP contribution is 2.37. The number of hydrogen-bond acceptors (Lipinski definition) is 6. The van der Waals surface area contributed by atoms with Gasteiger partial charge in [0.1, 0.15) is 5.76 Å². The molecule has 0 radical (unpaired) electrons. The minimum Gasteiger partial charge on any atom is -0.467 e. The zero-order valence-electron chi connectivity index (χ0n) is 16.0. The van der Waals surface area contributed by atoms with E-state index in [0.29, 0.717) is 33.4 Å². The lowest BCUT2D eigenvalue weighted by atomic mass is 10.1. The van der Waals surface area contributed by atoms with E-state index in [1.54, 1.807) is 43.3 Å². The summed E-state index contributed by atoms with van der Waals surface area (Å²) in [5.41, 5.74) is 1.23. The summed E-state index contributed by atoms with van der Waals surface area (Å²) >= 11 is 6.39. The Bertz CT molecular complexity index is 1110. The number of ether oxygens (including phenoxy) is 2. The Morgan fingerprint density at radius 1 is 1.17 bits per heavy atom. The van der Waals surface area contributed by atoms with Gasteiger partial charge in [0.15, 0.2) is 11.5 Å². The average molecular weight is 429 g/mol. The van der Waals surface area contributed by atoms with Gasteiger partial charge in [-0.2, -0.15) is 0 Å². The fourth-order valence-corrected chi connectivity index (χ4v) is 3.41. The van der Waals surface area contributed by atoms with E-state index in [0.717, 1.165) is 0 Å². The summed E-state index contributed by atoms with van der Waals surface area (Å²) in [5, 5.41) is 11.7. The SMILES string of the molecule is Cc1ccc(C(=O)N(Cc2ccco2)Cc2cc3c(cc2Cl)OCO3)cc1[N+](=O)[O-]. The van der Waals surface area contributed by atoms with Gasteiger partial charge in [-0.3, -0.25) is 14.9 Å². The fourth-order valence-electron chi connectivity index (χ4n) is 3.20. The van der Waals surface area contributed by atoms with Crippen molar-refractivity contribution in [3.05, 3.63) is 86.3 Å². The highest BCUT2D eigenvalue weighted by atomic mass is 35.5. The second-order valence-electron chi connectivity index (χ2n) is 6.80. The average Bonchev–Trinajstić information content (AvgIpc) is 3.39. The largest absolute Gasteiger partial charge is 0.467 e. The second kappa shape index (κ2) is 8.08. The third-order valence-electron chi connectivity index (χ3n) is 4.77. The molecule has 1 amide bonds. The molecule has 0 spiro atoms. The maximum absolute atomic E-state index is 13.3. The summed E-state index contributed by atoms with van der Waals surface area (Å²) in [7, 11) is 0. The third-order valence-corrected chi connectivity index (χ3v) is 5.12. The molecular weight excluding hydrogens is 412 g/mol. The Hall–Kier alpha value is -3.52. The van der Waals surface area contributed by atoms with Crippen LogP contribution in [0.1, 0.15) is 27.2 Å². The number of fused-ring (bicyclic) bond motifs is 1. The number of nitro groups is 1. The molecule has 2 aromatic carbocycles. The molecule has 0 fully saturated rings. The van der Waals surface area contributed by atoms with Gasteiger partial charge in [-0.05, 0) is 36.8 Å². The molecule has 0 bridgehead atoms. The molecule has 3 aromatic rings. The molecule has 4 rings (SSSR count). The number of carbonyl (C=O) groups excluding carboxylic acids is 1. The van der Waals surface area contributed by atoms with Crippen molar-refractivity contribution >= 4 is 23.2 Å². The molecule has 2 heterocycles. The maximum Gasteiger partial charge on any atom is 0.273 e. The van der Waals surface area contributed by atoms with Crippen LogP contribution < -0.4 is 9.47 Å². The van der Waals surface area contributed by atoms with Crippen LogP contribution in [0.2, 0.25) is 5.02 Å². The van der Waals surface area contributed by atoms with Crippen molar-refractivity contribution < 1.29 is 23.6 Å². The molecule has 8 nitrogen and oxygen atoms in total. The predicted octanol–water partition coefficient (Wildman–Crippen LogP) is 4.72. The third kappa shape index (κ3) is 3.95. The number of benzene rings is 2. The summed E-state index contributed by atoms with van der Waals surface area (Å²) < 4.78 is 16.1. The van der Waals surface area contributed by atoms with Crippen LogP contribution in [0.15, 0.2) is 53.1 Å². The van der Waals surface area contributed by atoms with Gasteiger partial charge >= 0.3 is 0 Å². The van der Waals surface area contributed by atoms with E-state index in [9.17, 15) is 14.9 Å². The molecule has 0 aliphatic carbocycles. The topological polar surface area (TPSA) is 95.1 Å². The first-order chi connectivity index (χ1) is 14.4. The van der Waals surface area contributed by atoms with Gasteiger partial charge in [0.25, 0.3) is 11.6 Å². The Kier molecular flexibility index (Phi) is 5.33. The van der Waals surface area contributed by atoms with E-state index in [-0.39, 0.29) is 37.0 Å². The molecule has 0 saturated heterocycles. The molecule has 1 aliphatic rings. The number of nitro benzene ring substituents is 1. The van der Waals surface area contributed by atoms with Crippen LogP contribution >= 0.6 is 11.6 Å². The zero-order valence-corrected chi connectivity index (χ0v) is 16.7. The van der Waals surface area contributed by atoms with Gasteiger partial charge in [-0.15, -0.1) is 0 Å². The summed E-state index contributed by atoms with van der Waals surface area (Å²) in [6, 6.07) is 11.3. The van der Waals surface area contributed by atoms with Gasteiger partial charge in [0.2, 0.25) is 6.79 Å². The standard InChI is InChI=1S/C21H17ClN2O6/c1-13-4-5-14(7-18(13)24(26)27)21(25)23(11-16-3-2-6-28-16)10-15-8-19-20(9-17(15)22)30-12-29-19/h2-9H,10-12H2,1H3. The van der Waals surface area contributed by atoms with Gasteiger partial charge in [0.05, 0.1) is 17.7 Å². The van der Waals surface area contributed by atoms with E-state index in [4.69, 9.17) is 25.5 Å². The van der Waals surface area contributed by atoms with Crippen LogP contribution in [0.4, 0.5) is 5.69 Å². The zero-order chi connectivity index (χ0) is 21.3. The number of aryl methyl sites for hydroxylation is 1. The molecule has 0 unspecified atom stereocenters. The van der Waals surface area contributed by atoms with Crippen LogP contribution in [-0.2, 0) is 13.1 Å². The summed E-state index contributed by atoms with van der Waals surface area (Å²) in [6.07, 6.45) is 1.52. The lowest BCUT2D eigenvalue weighted by molar-refractivity contribution is -0.385. The first-order valence-corrected chi connectivity index (χ1v) is 9.45. The highest BCUT2D eigenvalue weighted by Gasteiger charge is 2.24. The molecule has 30 heavy (non-hydrogen) atoms. The Balaban J connectivity index is 1.67. The number of carbonyl (C=O) groups is 1. The number of hydrogen-bond donors (Lipinski definition) is 0. The number of halogens is 1. The van der Waals surface area contributed by atoms with Crippen LogP contribution in [0.5, 0.6) is 11.5 Å². The first kappa shape index (κ1) is 19.8. The van der Waals surface area contributed by atoms with E-state index in [1.807, 2.05) is 0 Å². The van der Waals surface area contributed by atoms with Crippen LogP contribution in [0, 0.1) is 17.0 Å². The van der Waals surface area contributed by atoms with Crippen LogP contribution in [0.3, 0.4) is 0 Å². The minimum absolute atomic E-state index is 0.108. The second-order valence-corrected chi connectivity index (χ2v) is 7.20. The summed E-state index contributed by atoms with van der Waals surface area (Å²) in [6.45, 7) is 2.05. The predicted molar refractivity (Wildman–Crippen MR) is 108 cm³/mol. The van der Waals surface area contributed by atoms with Crippen LogP contribution in [0.25, 0.3) is 0 Å². The van der Waals surface area contributed by atoms with E-state index >= 15 is 0 Å². The smallest absolute Gasteiger partial charge is 0.273 e. The maximum atomic E-state index is 13.3. The van der Waals surface area contributed by atoms with Gasteiger partial charge < -0.3 is 18.8 Å². The Morgan fingerprint density at radius 3 is 2.63 bits per heavy atom. The van der Waals surface area contributed by atoms with Crippen LogP contribution in [-0.4, -0.2) is 22.5 Å². The Labute approximate surface area is 176 Å². The number of nitrogens with zero attached hydrogens (tertiary/aromatic N) is 2. The minimum atomic E-state index is -0.502. The quantitative estimate of drug-likeness (QED) is 0.416. The summed E-state index contributed by atoms with van der Waals surface area (Å²) in [5.74, 6) is 1.28. The van der Waals surface area contributed by atoms with Crippen molar-refractivity contribution in [1.29, 1.82) is 0 Å². The van der Waals surface area contributed by atoms with E-state index in [1.165, 1.54) is 17.2 Å². The van der Waals surface area contributed by atoms with E-state index in [2.05, 4.69) is 0 Å². The van der Waals surface area contributed by atoms with Crippen molar-refractivity contribution in [3.63, 3.8) is 0 Å². The van der Waals surface area contributed by atoms with Crippen molar-refractivity contribution in [2.45, 2.75) is 20.0 Å². The fraction of sp³-hybridized carbons (Fsp3) is 0.190. The number of rotatable bonds is 6. The molecule has 0 N–H and O–H groups in total. The number of amides is 1. The monoisotopic (exact) mass is 428 g/mol.